The number of alkyl halides is 3. The average Bonchev–Trinajstić information content (AvgIpc) is 3.13. The predicted octanol–water partition coefficient (Wildman–Crippen LogP) is 2.33. The summed E-state index contributed by atoms with van der Waals surface area (Å²) in [4.78, 5) is 32.8. The first kappa shape index (κ1) is 25.9. The highest BCUT2D eigenvalue weighted by Gasteiger charge is 2.31. The molecule has 0 saturated carbocycles. The van der Waals surface area contributed by atoms with E-state index in [1.54, 1.807) is 6.92 Å². The van der Waals surface area contributed by atoms with Crippen molar-refractivity contribution in [3.8, 4) is 17.6 Å². The lowest BCUT2D eigenvalue weighted by Gasteiger charge is -2.14. The number of aromatic nitrogens is 5. The first-order valence-corrected chi connectivity index (χ1v) is 10.1. The van der Waals surface area contributed by atoms with Crippen molar-refractivity contribution < 1.29 is 36.9 Å². The number of carbonyl (C=O) groups is 1. The van der Waals surface area contributed by atoms with Gasteiger partial charge in [0.2, 0.25) is 11.8 Å². The van der Waals surface area contributed by atoms with Gasteiger partial charge in [-0.05, 0) is 13.0 Å². The number of nitrogens with zero attached hydrogens (tertiary/aromatic N) is 5. The Balaban J connectivity index is 2.10. The maximum absolute atomic E-state index is 15.0. The number of halogens is 5. The number of aliphatic hydroxyl groups is 1. The number of carbonyl (C=O) groups excluding carboxylic acids is 1. The van der Waals surface area contributed by atoms with E-state index >= 15 is 0 Å². The van der Waals surface area contributed by atoms with Gasteiger partial charge in [0, 0.05) is 12.6 Å². The topological polar surface area (TPSA) is 133 Å². The molecular formula is C19H17ClF4N6O5. The van der Waals surface area contributed by atoms with Gasteiger partial charge < -0.3 is 19.9 Å². The van der Waals surface area contributed by atoms with E-state index in [2.05, 4.69) is 25.1 Å². The van der Waals surface area contributed by atoms with Crippen molar-refractivity contribution in [1.82, 2.24) is 24.3 Å². The molecular weight excluding hydrogens is 504 g/mol. The van der Waals surface area contributed by atoms with Crippen LogP contribution in [0.3, 0.4) is 0 Å². The van der Waals surface area contributed by atoms with Crippen LogP contribution >= 0.6 is 11.6 Å². The zero-order valence-corrected chi connectivity index (χ0v) is 18.8. The standard InChI is InChI=1S/C19H17ClF4N6O5/c1-3-29-13(7-31)28-30(18(29)33)15-11(21)4-9(17(27-15)35-8-19(22,23)24)16(32)26-12-5-14(34-2)25-6-10(12)20/h4-6,31H,3,7-8H2,1-2H3,(H,25,26,32). The SMILES string of the molecule is CCn1c(CO)nn(-c2nc(OCC(F)(F)F)c(C(=O)Nc3cc(OC)ncc3Cl)cc2F)c1=O. The fourth-order valence-corrected chi connectivity index (χ4v) is 3.01. The van der Waals surface area contributed by atoms with Gasteiger partial charge in [-0.25, -0.2) is 14.2 Å². The Hall–Kier alpha value is -3.72. The van der Waals surface area contributed by atoms with Crippen molar-refractivity contribution in [2.45, 2.75) is 26.3 Å². The summed E-state index contributed by atoms with van der Waals surface area (Å²) < 4.78 is 64.4. The lowest BCUT2D eigenvalue weighted by atomic mass is 10.2. The van der Waals surface area contributed by atoms with E-state index in [1.165, 1.54) is 13.2 Å². The average molecular weight is 521 g/mol. The van der Waals surface area contributed by atoms with Gasteiger partial charge >= 0.3 is 11.9 Å². The first-order valence-electron chi connectivity index (χ1n) is 9.70. The van der Waals surface area contributed by atoms with Crippen LogP contribution in [0.25, 0.3) is 5.82 Å². The molecule has 0 saturated heterocycles. The van der Waals surface area contributed by atoms with Gasteiger partial charge in [-0.3, -0.25) is 9.36 Å². The van der Waals surface area contributed by atoms with Crippen molar-refractivity contribution in [3.05, 3.63) is 51.0 Å². The molecule has 3 aromatic rings. The number of hydrogen-bond donors (Lipinski definition) is 2. The van der Waals surface area contributed by atoms with Crippen LogP contribution in [0.5, 0.6) is 11.8 Å². The van der Waals surface area contributed by atoms with E-state index in [0.717, 1.165) is 10.8 Å². The molecule has 11 nitrogen and oxygen atoms in total. The molecule has 16 heteroatoms. The number of hydrogen-bond acceptors (Lipinski definition) is 8. The van der Waals surface area contributed by atoms with E-state index in [4.69, 9.17) is 16.3 Å². The van der Waals surface area contributed by atoms with Crippen LogP contribution in [0.1, 0.15) is 23.1 Å². The summed E-state index contributed by atoms with van der Waals surface area (Å²) in [5, 5.41) is 15.4. The molecule has 0 aromatic carbocycles. The number of pyridine rings is 2. The van der Waals surface area contributed by atoms with Gasteiger partial charge in [0.05, 0.1) is 24.0 Å². The highest BCUT2D eigenvalue weighted by Crippen LogP contribution is 2.28. The second-order valence-corrected chi connectivity index (χ2v) is 7.13. The van der Waals surface area contributed by atoms with Gasteiger partial charge in [0.25, 0.3) is 5.91 Å². The third kappa shape index (κ3) is 5.68. The molecule has 0 radical (unpaired) electrons. The molecule has 3 rings (SSSR count). The van der Waals surface area contributed by atoms with Crippen molar-refractivity contribution >= 4 is 23.2 Å². The molecule has 0 aliphatic carbocycles. The number of methoxy groups -OCH3 is 1. The number of anilines is 1. The number of nitrogens with one attached hydrogen (secondary N) is 1. The summed E-state index contributed by atoms with van der Waals surface area (Å²) in [6, 6.07) is 1.76. The number of amides is 1. The van der Waals surface area contributed by atoms with Crippen LogP contribution in [0.4, 0.5) is 23.2 Å². The van der Waals surface area contributed by atoms with Gasteiger partial charge in [0.15, 0.2) is 24.1 Å². The van der Waals surface area contributed by atoms with Crippen molar-refractivity contribution in [2.75, 3.05) is 19.0 Å². The largest absolute Gasteiger partial charge is 0.481 e. The Morgan fingerprint density at radius 2 is 2.03 bits per heavy atom. The molecule has 0 aliphatic heterocycles. The highest BCUT2D eigenvalue weighted by atomic mass is 35.5. The number of rotatable bonds is 8. The molecule has 0 bridgehead atoms. The van der Waals surface area contributed by atoms with Crippen LogP contribution < -0.4 is 20.5 Å². The van der Waals surface area contributed by atoms with Crippen LogP contribution in [-0.2, 0) is 13.2 Å². The molecule has 188 valence electrons. The Bertz CT molecular complexity index is 1310. The Morgan fingerprint density at radius 1 is 1.31 bits per heavy atom. The van der Waals surface area contributed by atoms with Gasteiger partial charge in [-0.15, -0.1) is 5.10 Å². The Morgan fingerprint density at radius 3 is 2.60 bits per heavy atom. The fourth-order valence-electron chi connectivity index (χ4n) is 2.86. The van der Waals surface area contributed by atoms with Crippen molar-refractivity contribution in [2.24, 2.45) is 0 Å². The minimum absolute atomic E-state index is 0.0414. The third-order valence-electron chi connectivity index (χ3n) is 4.42. The summed E-state index contributed by atoms with van der Waals surface area (Å²) in [6.45, 7) is -0.924. The molecule has 35 heavy (non-hydrogen) atoms. The lowest BCUT2D eigenvalue weighted by molar-refractivity contribution is -0.154. The van der Waals surface area contributed by atoms with Crippen molar-refractivity contribution in [1.29, 1.82) is 0 Å². The summed E-state index contributed by atoms with van der Waals surface area (Å²) in [7, 11) is 1.30. The van der Waals surface area contributed by atoms with Gasteiger partial charge in [-0.2, -0.15) is 22.8 Å². The second kappa shape index (κ2) is 10.3. The molecule has 0 spiro atoms. The third-order valence-corrected chi connectivity index (χ3v) is 4.73. The fraction of sp³-hybridized carbons (Fsp3) is 0.316. The minimum atomic E-state index is -4.82. The maximum Gasteiger partial charge on any atom is 0.422 e. The molecule has 0 aliphatic rings. The monoisotopic (exact) mass is 520 g/mol. The zero-order valence-electron chi connectivity index (χ0n) is 18.1. The number of aliphatic hydroxyl groups excluding tert-OH is 1. The molecule has 3 aromatic heterocycles. The molecule has 0 fully saturated rings. The molecule has 0 atom stereocenters. The van der Waals surface area contributed by atoms with Crippen LogP contribution in [-0.4, -0.2) is 55.2 Å². The van der Waals surface area contributed by atoms with Gasteiger partial charge in [0.1, 0.15) is 12.2 Å². The molecule has 0 unspecified atom stereocenters. The van der Waals surface area contributed by atoms with Crippen LogP contribution in [0, 0.1) is 5.82 Å². The van der Waals surface area contributed by atoms with E-state index in [-0.39, 0.29) is 29.0 Å². The summed E-state index contributed by atoms with van der Waals surface area (Å²) in [5.74, 6) is -4.26. The first-order chi connectivity index (χ1) is 16.5. The normalized spacial score (nSPS) is 11.4. The molecule has 2 N–H and O–H groups in total. The van der Waals surface area contributed by atoms with Crippen molar-refractivity contribution in [3.63, 3.8) is 0 Å². The van der Waals surface area contributed by atoms with Crippen LogP contribution in [0.2, 0.25) is 5.02 Å². The molecule has 1 amide bonds. The van der Waals surface area contributed by atoms with Crippen LogP contribution in [0.15, 0.2) is 23.1 Å². The smallest absolute Gasteiger partial charge is 0.422 e. The van der Waals surface area contributed by atoms with E-state index < -0.39 is 54.1 Å². The van der Waals surface area contributed by atoms with E-state index in [0.29, 0.717) is 10.7 Å². The Kier molecular flexibility index (Phi) is 7.60. The van der Waals surface area contributed by atoms with E-state index in [9.17, 15) is 32.3 Å². The summed E-state index contributed by atoms with van der Waals surface area (Å²) in [5.41, 5.74) is -1.69. The van der Waals surface area contributed by atoms with Gasteiger partial charge in [-0.1, -0.05) is 11.6 Å². The minimum Gasteiger partial charge on any atom is -0.481 e. The zero-order chi connectivity index (χ0) is 25.9. The number of ether oxygens (including phenoxy) is 2. The maximum atomic E-state index is 15.0. The second-order valence-electron chi connectivity index (χ2n) is 6.72. The highest BCUT2D eigenvalue weighted by molar-refractivity contribution is 6.33. The lowest BCUT2D eigenvalue weighted by Crippen LogP contribution is -2.27. The Labute approximate surface area is 198 Å². The summed E-state index contributed by atoms with van der Waals surface area (Å²) >= 11 is 5.97. The predicted molar refractivity (Wildman–Crippen MR) is 112 cm³/mol. The van der Waals surface area contributed by atoms with E-state index in [1.807, 2.05) is 0 Å². The molecule has 3 heterocycles. The summed E-state index contributed by atoms with van der Waals surface area (Å²) in [6.07, 6.45) is -3.68. The quantitative estimate of drug-likeness (QED) is 0.432.